The highest BCUT2D eigenvalue weighted by atomic mass is 19.4. The highest BCUT2D eigenvalue weighted by molar-refractivity contribution is 5.92. The first-order valence-electron chi connectivity index (χ1n) is 10.7. The second-order valence-electron chi connectivity index (χ2n) is 7.39. The molecule has 1 saturated heterocycles. The van der Waals surface area contributed by atoms with Gasteiger partial charge < -0.3 is 30.4 Å². The minimum absolute atomic E-state index is 0.0613. The molecule has 2 amide bonds. The van der Waals surface area contributed by atoms with Gasteiger partial charge in [-0.15, -0.1) is 0 Å². The number of hydrogen-bond acceptors (Lipinski definition) is 7. The fourth-order valence-corrected chi connectivity index (χ4v) is 3.01. The number of aldehydes is 1. The largest absolute Gasteiger partial charge is 0.504 e. The molecule has 12 heteroatoms. The third-order valence-corrected chi connectivity index (χ3v) is 4.75. The second kappa shape index (κ2) is 17.2. The summed E-state index contributed by atoms with van der Waals surface area (Å²) < 4.78 is 45.2. The van der Waals surface area contributed by atoms with Gasteiger partial charge in [0.2, 0.25) is 12.3 Å². The van der Waals surface area contributed by atoms with Gasteiger partial charge in [-0.3, -0.25) is 9.59 Å². The van der Waals surface area contributed by atoms with E-state index < -0.39 is 18.1 Å². The number of ether oxygens (including phenoxy) is 1. The van der Waals surface area contributed by atoms with E-state index in [-0.39, 0.29) is 18.7 Å². The third-order valence-electron chi connectivity index (χ3n) is 4.75. The predicted molar refractivity (Wildman–Crippen MR) is 128 cm³/mol. The average Bonchev–Trinajstić information content (AvgIpc) is 2.81. The normalized spacial score (nSPS) is 18.4. The molecule has 196 valence electrons. The van der Waals surface area contributed by atoms with Gasteiger partial charge in [0.05, 0.1) is 13.4 Å². The summed E-state index contributed by atoms with van der Waals surface area (Å²) in [6, 6.07) is -1.91. The lowest BCUT2D eigenvalue weighted by molar-refractivity contribution is -0.198. The van der Waals surface area contributed by atoms with Crippen LogP contribution in [0.2, 0.25) is 0 Å². The fourth-order valence-electron chi connectivity index (χ4n) is 3.01. The van der Waals surface area contributed by atoms with E-state index >= 15 is 0 Å². The molecule has 0 aromatic carbocycles. The molecule has 0 aromatic heterocycles. The molecule has 0 saturated carbocycles. The number of carbonyl (C=O) groups excluding carboxylic acids is 3. The van der Waals surface area contributed by atoms with Crippen molar-refractivity contribution in [2.24, 2.45) is 10.7 Å². The van der Waals surface area contributed by atoms with Gasteiger partial charge in [-0.25, -0.2) is 4.99 Å². The zero-order valence-corrected chi connectivity index (χ0v) is 20.4. The minimum atomic E-state index is -4.55. The molecule has 1 unspecified atom stereocenters. The molecule has 1 aliphatic heterocycles. The van der Waals surface area contributed by atoms with Crippen molar-refractivity contribution in [1.29, 1.82) is 0 Å². The second-order valence-corrected chi connectivity index (χ2v) is 7.39. The lowest BCUT2D eigenvalue weighted by Crippen LogP contribution is -2.59. The number of amides is 2. The van der Waals surface area contributed by atoms with Gasteiger partial charge in [0, 0.05) is 44.9 Å². The Morgan fingerprint density at radius 2 is 1.94 bits per heavy atom. The Morgan fingerprint density at radius 1 is 1.26 bits per heavy atom. The van der Waals surface area contributed by atoms with E-state index in [4.69, 9.17) is 10.5 Å². The SMILES string of the molecule is CNCCC=O.CO/C=C/C(C(/C=C\N)=C/C(=O)N1CCN(C)CC1C(F)(F)F)=C(/C)C=NC=O. The lowest BCUT2D eigenvalue weighted by atomic mass is 9.99. The van der Waals surface area contributed by atoms with E-state index in [0.717, 1.165) is 30.0 Å². The van der Waals surface area contributed by atoms with Crippen molar-refractivity contribution >= 4 is 24.8 Å². The van der Waals surface area contributed by atoms with Crippen molar-refractivity contribution in [2.75, 3.05) is 47.4 Å². The Balaban J connectivity index is 0.00000170. The molecule has 1 heterocycles. The Bertz CT molecular complexity index is 836. The smallest absolute Gasteiger partial charge is 0.410 e. The number of nitrogens with one attached hydrogen (secondary N) is 1. The number of carbonyl (C=O) groups is 3. The van der Waals surface area contributed by atoms with Crippen molar-refractivity contribution in [3.8, 4) is 0 Å². The molecule has 3 N–H and O–H groups in total. The molecule has 0 aliphatic carbocycles. The van der Waals surface area contributed by atoms with Crippen LogP contribution in [0.3, 0.4) is 0 Å². The van der Waals surface area contributed by atoms with E-state index in [1.165, 1.54) is 36.6 Å². The van der Waals surface area contributed by atoms with Crippen LogP contribution in [-0.4, -0.2) is 94.2 Å². The van der Waals surface area contributed by atoms with E-state index in [1.807, 2.05) is 7.05 Å². The molecule has 1 atom stereocenters. The van der Waals surface area contributed by atoms with Crippen molar-refractivity contribution in [3.63, 3.8) is 0 Å². The summed E-state index contributed by atoms with van der Waals surface area (Å²) in [7, 11) is 4.81. The third kappa shape index (κ3) is 12.1. The van der Waals surface area contributed by atoms with E-state index in [2.05, 4.69) is 10.3 Å². The number of hydrogen-bond donors (Lipinski definition) is 2. The number of nitrogens with two attached hydrogens (primary N) is 1. The maximum atomic E-state index is 13.4. The van der Waals surface area contributed by atoms with E-state index in [9.17, 15) is 27.6 Å². The molecule has 0 aromatic rings. The lowest BCUT2D eigenvalue weighted by Gasteiger charge is -2.40. The molecular formula is C23H34F3N5O4. The minimum Gasteiger partial charge on any atom is -0.504 e. The van der Waals surface area contributed by atoms with Gasteiger partial charge in [0.15, 0.2) is 0 Å². The molecule has 9 nitrogen and oxygen atoms in total. The van der Waals surface area contributed by atoms with Crippen molar-refractivity contribution in [3.05, 3.63) is 47.4 Å². The zero-order chi connectivity index (χ0) is 26.9. The van der Waals surface area contributed by atoms with E-state index in [0.29, 0.717) is 30.5 Å². The van der Waals surface area contributed by atoms with Gasteiger partial charge in [-0.05, 0) is 56.1 Å². The van der Waals surface area contributed by atoms with Crippen LogP contribution in [0, 0.1) is 0 Å². The number of likely N-dealkylation sites (N-methyl/N-ethyl adjacent to an activating group) is 1. The first-order valence-corrected chi connectivity index (χ1v) is 10.7. The van der Waals surface area contributed by atoms with Gasteiger partial charge >= 0.3 is 6.18 Å². The molecule has 0 spiro atoms. The van der Waals surface area contributed by atoms with E-state index in [1.54, 1.807) is 14.0 Å². The maximum Gasteiger partial charge on any atom is 0.410 e. The topological polar surface area (TPSA) is 117 Å². The Labute approximate surface area is 203 Å². The highest BCUT2D eigenvalue weighted by Crippen LogP contribution is 2.28. The number of halogens is 3. The quantitative estimate of drug-likeness (QED) is 0.117. The molecule has 1 fully saturated rings. The molecule has 0 bridgehead atoms. The van der Waals surface area contributed by atoms with Crippen LogP contribution in [0.25, 0.3) is 0 Å². The maximum absolute atomic E-state index is 13.4. The van der Waals surface area contributed by atoms with Crippen LogP contribution in [0.4, 0.5) is 13.2 Å². The summed E-state index contributed by atoms with van der Waals surface area (Å²) in [6.45, 7) is 2.38. The molecular weight excluding hydrogens is 467 g/mol. The molecule has 0 radical (unpaired) electrons. The Kier molecular flexibility index (Phi) is 15.6. The van der Waals surface area contributed by atoms with Crippen molar-refractivity contribution in [2.45, 2.75) is 25.6 Å². The van der Waals surface area contributed by atoms with Gasteiger partial charge in [-0.1, -0.05) is 0 Å². The summed E-state index contributed by atoms with van der Waals surface area (Å²) in [6.07, 6.45) is 5.02. The fraction of sp³-hybridized carbons (Fsp3) is 0.478. The monoisotopic (exact) mass is 501 g/mol. The van der Waals surface area contributed by atoms with Crippen LogP contribution in [0.15, 0.2) is 52.4 Å². The average molecular weight is 502 g/mol. The number of methoxy groups -OCH3 is 1. The summed E-state index contributed by atoms with van der Waals surface area (Å²) in [5.41, 5.74) is 6.60. The number of alkyl halides is 3. The van der Waals surface area contributed by atoms with Crippen LogP contribution < -0.4 is 11.1 Å². The highest BCUT2D eigenvalue weighted by Gasteiger charge is 2.47. The molecule has 1 rings (SSSR count). The summed E-state index contributed by atoms with van der Waals surface area (Å²) >= 11 is 0. The van der Waals surface area contributed by atoms with Crippen molar-refractivity contribution < 1.29 is 32.3 Å². The number of aliphatic imine (C=N–C) groups is 1. The van der Waals surface area contributed by atoms with Crippen molar-refractivity contribution in [1.82, 2.24) is 15.1 Å². The number of rotatable bonds is 10. The Hall–Kier alpha value is -3.25. The van der Waals surface area contributed by atoms with Gasteiger partial charge in [-0.2, -0.15) is 13.2 Å². The number of allylic oxidation sites excluding steroid dienone is 5. The van der Waals surface area contributed by atoms with Gasteiger partial charge in [0.25, 0.3) is 0 Å². The Morgan fingerprint density at radius 3 is 2.43 bits per heavy atom. The summed E-state index contributed by atoms with van der Waals surface area (Å²) in [5.74, 6) is -0.794. The van der Waals surface area contributed by atoms with Crippen LogP contribution in [0.5, 0.6) is 0 Å². The summed E-state index contributed by atoms with van der Waals surface area (Å²) in [4.78, 5) is 38.6. The first-order chi connectivity index (χ1) is 16.6. The standard InChI is InChI=1S/C19H25F3N4O3.C4H9NO/c1-14(11-24-13-27)16(5-9-29-3)15(4-6-23)10-18(28)26-8-7-25(2)12-17(26)19(20,21)22;1-5-3-2-4-6/h4-6,9-11,13,17H,7-8,12,23H2,1-3H3;4-5H,2-3H2,1H3/b6-4-,9-5+,15-10+,16-14+,24-11?;. The molecule has 35 heavy (non-hydrogen) atoms. The van der Waals surface area contributed by atoms with Crippen LogP contribution >= 0.6 is 0 Å². The van der Waals surface area contributed by atoms with Crippen LogP contribution in [0.1, 0.15) is 13.3 Å². The number of piperazine rings is 1. The molecule has 1 aliphatic rings. The van der Waals surface area contributed by atoms with Gasteiger partial charge in [0.1, 0.15) is 12.3 Å². The number of nitrogens with zero attached hydrogens (tertiary/aromatic N) is 3. The van der Waals surface area contributed by atoms with Crippen LogP contribution in [-0.2, 0) is 19.1 Å². The summed E-state index contributed by atoms with van der Waals surface area (Å²) in [5, 5.41) is 2.84. The predicted octanol–water partition coefficient (Wildman–Crippen LogP) is 1.59. The zero-order valence-electron chi connectivity index (χ0n) is 20.4. The first kappa shape index (κ1) is 31.8.